The number of rotatable bonds is 6. The lowest BCUT2D eigenvalue weighted by Gasteiger charge is -2.27. The SMILES string of the molecule is C=CCN(Cc1ccc(F)cc1C(=O)O)C1CCS(=O)(=O)C1. The van der Waals surface area contributed by atoms with Crippen LogP contribution in [0.25, 0.3) is 0 Å². The molecule has 5 nitrogen and oxygen atoms in total. The molecule has 0 radical (unpaired) electrons. The van der Waals surface area contributed by atoms with E-state index in [0.29, 0.717) is 18.5 Å². The summed E-state index contributed by atoms with van der Waals surface area (Å²) < 4.78 is 36.5. The Bertz CT molecular complexity index is 687. The van der Waals surface area contributed by atoms with Gasteiger partial charge in [0.25, 0.3) is 0 Å². The highest BCUT2D eigenvalue weighted by Gasteiger charge is 2.32. The summed E-state index contributed by atoms with van der Waals surface area (Å²) in [6.07, 6.45) is 2.16. The van der Waals surface area contributed by atoms with Crippen molar-refractivity contribution in [2.24, 2.45) is 0 Å². The second-order valence-electron chi connectivity index (χ2n) is 5.38. The van der Waals surface area contributed by atoms with Crippen molar-refractivity contribution in [3.8, 4) is 0 Å². The number of benzene rings is 1. The Hall–Kier alpha value is -1.73. The molecule has 120 valence electrons. The van der Waals surface area contributed by atoms with E-state index in [2.05, 4.69) is 6.58 Å². The van der Waals surface area contributed by atoms with Gasteiger partial charge in [0, 0.05) is 19.1 Å². The van der Waals surface area contributed by atoms with Crippen LogP contribution in [-0.4, -0.2) is 48.5 Å². The van der Waals surface area contributed by atoms with Crippen LogP contribution in [-0.2, 0) is 16.4 Å². The van der Waals surface area contributed by atoms with E-state index in [-0.39, 0.29) is 29.7 Å². The lowest BCUT2D eigenvalue weighted by atomic mass is 10.1. The van der Waals surface area contributed by atoms with Crippen molar-refractivity contribution in [1.29, 1.82) is 0 Å². The molecule has 0 bridgehead atoms. The maximum Gasteiger partial charge on any atom is 0.336 e. The zero-order valence-corrected chi connectivity index (χ0v) is 12.9. The molecule has 1 aromatic carbocycles. The molecule has 0 aliphatic carbocycles. The van der Waals surface area contributed by atoms with E-state index >= 15 is 0 Å². The summed E-state index contributed by atoms with van der Waals surface area (Å²) in [5.41, 5.74) is 0.356. The minimum absolute atomic E-state index is 0.0600. The molecular weight excluding hydrogens is 309 g/mol. The van der Waals surface area contributed by atoms with Crippen LogP contribution < -0.4 is 0 Å². The molecule has 2 rings (SSSR count). The average Bonchev–Trinajstić information content (AvgIpc) is 2.80. The van der Waals surface area contributed by atoms with Crippen LogP contribution in [0.5, 0.6) is 0 Å². The van der Waals surface area contributed by atoms with Crippen LogP contribution in [0, 0.1) is 5.82 Å². The third kappa shape index (κ3) is 3.92. The van der Waals surface area contributed by atoms with E-state index in [1.807, 2.05) is 4.90 Å². The normalized spacial score (nSPS) is 20.2. The van der Waals surface area contributed by atoms with Crippen molar-refractivity contribution in [3.05, 3.63) is 47.8 Å². The molecule has 1 atom stereocenters. The van der Waals surface area contributed by atoms with Gasteiger partial charge in [-0.1, -0.05) is 12.1 Å². The van der Waals surface area contributed by atoms with Gasteiger partial charge in [-0.25, -0.2) is 17.6 Å². The number of halogens is 1. The summed E-state index contributed by atoms with van der Waals surface area (Å²) in [5.74, 6) is -1.61. The lowest BCUT2D eigenvalue weighted by molar-refractivity contribution is 0.0693. The second-order valence-corrected chi connectivity index (χ2v) is 7.61. The largest absolute Gasteiger partial charge is 0.478 e. The highest BCUT2D eigenvalue weighted by molar-refractivity contribution is 7.91. The summed E-state index contributed by atoms with van der Waals surface area (Å²) in [6.45, 7) is 4.34. The van der Waals surface area contributed by atoms with Crippen molar-refractivity contribution in [3.63, 3.8) is 0 Å². The molecule has 22 heavy (non-hydrogen) atoms. The Morgan fingerprint density at radius 1 is 1.50 bits per heavy atom. The summed E-state index contributed by atoms with van der Waals surface area (Å²) in [4.78, 5) is 13.1. The Kier molecular flexibility index (Phi) is 4.97. The van der Waals surface area contributed by atoms with E-state index in [9.17, 15) is 22.7 Å². The quantitative estimate of drug-likeness (QED) is 0.805. The van der Waals surface area contributed by atoms with Crippen LogP contribution >= 0.6 is 0 Å². The Morgan fingerprint density at radius 2 is 2.23 bits per heavy atom. The Morgan fingerprint density at radius 3 is 2.77 bits per heavy atom. The first-order valence-electron chi connectivity index (χ1n) is 6.89. The first kappa shape index (κ1) is 16.6. The van der Waals surface area contributed by atoms with Crippen LogP contribution in [0.2, 0.25) is 0 Å². The molecule has 1 N–H and O–H groups in total. The first-order valence-corrected chi connectivity index (χ1v) is 8.71. The maximum absolute atomic E-state index is 13.2. The lowest BCUT2D eigenvalue weighted by Crippen LogP contribution is -2.36. The predicted molar refractivity (Wildman–Crippen MR) is 81.0 cm³/mol. The molecule has 1 aliphatic heterocycles. The summed E-state index contributed by atoms with van der Waals surface area (Å²) in [7, 11) is -3.04. The van der Waals surface area contributed by atoms with Gasteiger partial charge >= 0.3 is 5.97 Å². The number of hydrogen-bond donors (Lipinski definition) is 1. The minimum Gasteiger partial charge on any atom is -0.478 e. The number of sulfone groups is 1. The number of carbonyl (C=O) groups is 1. The highest BCUT2D eigenvalue weighted by Crippen LogP contribution is 2.22. The molecule has 1 aromatic rings. The van der Waals surface area contributed by atoms with Gasteiger partial charge in [0.15, 0.2) is 9.84 Å². The molecule has 1 heterocycles. The zero-order chi connectivity index (χ0) is 16.3. The second kappa shape index (κ2) is 6.58. The standard InChI is InChI=1S/C15H18FNO4S/c1-2-6-17(13-5-7-22(20,21)10-13)9-11-3-4-12(16)8-14(11)15(18)19/h2-4,8,13H,1,5-7,9-10H2,(H,18,19). The van der Waals surface area contributed by atoms with Gasteiger partial charge in [0.1, 0.15) is 5.82 Å². The van der Waals surface area contributed by atoms with Gasteiger partial charge in [-0.2, -0.15) is 0 Å². The molecule has 0 aromatic heterocycles. The summed E-state index contributed by atoms with van der Waals surface area (Å²) >= 11 is 0. The summed E-state index contributed by atoms with van der Waals surface area (Å²) in [6, 6.07) is 3.45. The fourth-order valence-corrected chi connectivity index (χ4v) is 4.44. The van der Waals surface area contributed by atoms with Crippen LogP contribution in [0.3, 0.4) is 0 Å². The smallest absolute Gasteiger partial charge is 0.336 e. The number of carboxylic acid groups (broad SMARTS) is 1. The molecule has 0 saturated carbocycles. The van der Waals surface area contributed by atoms with Crippen molar-refractivity contribution in [2.45, 2.75) is 19.0 Å². The summed E-state index contributed by atoms with van der Waals surface area (Å²) in [5, 5.41) is 9.18. The van der Waals surface area contributed by atoms with Gasteiger partial charge in [-0.3, -0.25) is 4.90 Å². The number of hydrogen-bond acceptors (Lipinski definition) is 4. The molecule has 1 aliphatic rings. The topological polar surface area (TPSA) is 74.7 Å². The zero-order valence-electron chi connectivity index (χ0n) is 12.0. The molecule has 1 unspecified atom stereocenters. The molecular formula is C15H18FNO4S. The highest BCUT2D eigenvalue weighted by atomic mass is 32.2. The van der Waals surface area contributed by atoms with Gasteiger partial charge in [0.2, 0.25) is 0 Å². The van der Waals surface area contributed by atoms with E-state index in [0.717, 1.165) is 6.07 Å². The maximum atomic E-state index is 13.2. The van der Waals surface area contributed by atoms with Crippen molar-refractivity contribution >= 4 is 15.8 Å². The van der Waals surface area contributed by atoms with E-state index in [4.69, 9.17) is 0 Å². The molecule has 1 saturated heterocycles. The fourth-order valence-electron chi connectivity index (χ4n) is 2.68. The molecule has 7 heteroatoms. The fraction of sp³-hybridized carbons (Fsp3) is 0.400. The first-order chi connectivity index (χ1) is 10.3. The minimum atomic E-state index is -3.04. The van der Waals surface area contributed by atoms with Crippen molar-refractivity contribution < 1.29 is 22.7 Å². The molecule has 1 fully saturated rings. The van der Waals surface area contributed by atoms with E-state index in [1.165, 1.54) is 12.1 Å². The van der Waals surface area contributed by atoms with Crippen LogP contribution in [0.1, 0.15) is 22.3 Å². The number of aromatic carboxylic acids is 1. The van der Waals surface area contributed by atoms with Gasteiger partial charge < -0.3 is 5.11 Å². The average molecular weight is 327 g/mol. The van der Waals surface area contributed by atoms with Crippen molar-refractivity contribution in [2.75, 3.05) is 18.1 Å². The van der Waals surface area contributed by atoms with Crippen LogP contribution in [0.4, 0.5) is 4.39 Å². The van der Waals surface area contributed by atoms with E-state index < -0.39 is 21.6 Å². The van der Waals surface area contributed by atoms with E-state index in [1.54, 1.807) is 6.08 Å². The third-order valence-corrected chi connectivity index (χ3v) is 5.51. The monoisotopic (exact) mass is 327 g/mol. The van der Waals surface area contributed by atoms with Gasteiger partial charge in [0.05, 0.1) is 17.1 Å². The predicted octanol–water partition coefficient (Wildman–Crippen LogP) is 1.70. The van der Waals surface area contributed by atoms with Crippen molar-refractivity contribution in [1.82, 2.24) is 4.90 Å². The Labute approximate surface area is 129 Å². The van der Waals surface area contributed by atoms with Crippen LogP contribution in [0.15, 0.2) is 30.9 Å². The van der Waals surface area contributed by atoms with Gasteiger partial charge in [-0.05, 0) is 24.1 Å². The Balaban J connectivity index is 2.25. The molecule has 0 spiro atoms. The number of carboxylic acids is 1. The van der Waals surface area contributed by atoms with Gasteiger partial charge in [-0.15, -0.1) is 6.58 Å². The molecule has 0 amide bonds. The number of nitrogens with zero attached hydrogens (tertiary/aromatic N) is 1. The third-order valence-electron chi connectivity index (χ3n) is 3.76.